The van der Waals surface area contributed by atoms with Gasteiger partial charge in [-0.2, -0.15) is 0 Å². The number of fused-ring (bicyclic) bond motifs is 1. The Balaban J connectivity index is 1.56. The number of nitrogens with zero attached hydrogens (tertiary/aromatic N) is 1. The minimum absolute atomic E-state index is 0.0990. The monoisotopic (exact) mass is 406 g/mol. The molecule has 0 saturated carbocycles. The number of para-hydroxylation sites is 2. The molecule has 142 valence electrons. The second-order valence-corrected chi connectivity index (χ2v) is 7.16. The second kappa shape index (κ2) is 8.63. The van der Waals surface area contributed by atoms with Crippen molar-refractivity contribution < 1.29 is 14.3 Å². The maximum Gasteiger partial charge on any atom is 0.227 e. The van der Waals surface area contributed by atoms with Crippen molar-refractivity contribution in [1.82, 2.24) is 5.32 Å². The van der Waals surface area contributed by atoms with E-state index < -0.39 is 0 Å². The van der Waals surface area contributed by atoms with E-state index in [1.54, 1.807) is 23.1 Å². The number of anilines is 1. The summed E-state index contributed by atoms with van der Waals surface area (Å²) in [6.45, 7) is 2.77. The molecule has 1 N–H and O–H groups in total. The first-order chi connectivity index (χ1) is 13.0. The van der Waals surface area contributed by atoms with Crippen LogP contribution in [0.5, 0.6) is 5.75 Å². The van der Waals surface area contributed by atoms with Crippen molar-refractivity contribution in [3.8, 4) is 5.75 Å². The Bertz CT molecular complexity index is 857. The first-order valence-corrected chi connectivity index (χ1v) is 9.48. The largest absolute Gasteiger partial charge is 0.490 e. The third-order valence-electron chi connectivity index (χ3n) is 4.40. The van der Waals surface area contributed by atoms with E-state index in [1.165, 1.54) is 0 Å². The first kappa shape index (κ1) is 19.5. The van der Waals surface area contributed by atoms with Gasteiger partial charge in [0, 0.05) is 22.9 Å². The molecule has 1 atom stereocenters. The molecule has 5 nitrogen and oxygen atoms in total. The number of nitrogens with one attached hydrogen (secondary N) is 1. The molecule has 1 unspecified atom stereocenters. The molecule has 27 heavy (non-hydrogen) atoms. The smallest absolute Gasteiger partial charge is 0.227 e. The fourth-order valence-corrected chi connectivity index (χ4v) is 3.60. The van der Waals surface area contributed by atoms with Crippen LogP contribution >= 0.6 is 23.2 Å². The molecule has 0 saturated heterocycles. The van der Waals surface area contributed by atoms with Crippen LogP contribution in [-0.4, -0.2) is 25.0 Å². The van der Waals surface area contributed by atoms with Crippen LogP contribution in [0.2, 0.25) is 10.0 Å². The van der Waals surface area contributed by atoms with Crippen molar-refractivity contribution in [3.05, 3.63) is 58.1 Å². The molecule has 0 aromatic heterocycles. The molecule has 1 aliphatic rings. The average Bonchev–Trinajstić information content (AvgIpc) is 2.65. The number of hydrogen-bond acceptors (Lipinski definition) is 3. The second-order valence-electron chi connectivity index (χ2n) is 6.32. The maximum atomic E-state index is 12.6. The molecule has 1 heterocycles. The molecular formula is C20H20Cl2N2O3. The Morgan fingerprint density at radius 1 is 1.19 bits per heavy atom. The number of carbonyl (C=O) groups is 2. The maximum absolute atomic E-state index is 12.6. The highest BCUT2D eigenvalue weighted by Gasteiger charge is 2.23. The molecule has 2 aromatic carbocycles. The van der Waals surface area contributed by atoms with Crippen LogP contribution in [0.25, 0.3) is 0 Å². The van der Waals surface area contributed by atoms with Gasteiger partial charge in [0.05, 0.1) is 18.3 Å². The van der Waals surface area contributed by atoms with Crippen LogP contribution in [0.15, 0.2) is 42.5 Å². The standard InChI is InChI=1S/C20H20Cl2N2O3/c1-13(15-7-6-14(21)12-16(15)22)23-19(25)8-9-20(26)24-10-11-27-18-5-3-2-4-17(18)24/h2-7,12-13H,8-11H2,1H3,(H,23,25). The minimum atomic E-state index is -0.276. The number of ether oxygens (including phenoxy) is 1. The lowest BCUT2D eigenvalue weighted by atomic mass is 10.1. The lowest BCUT2D eigenvalue weighted by molar-refractivity contribution is -0.125. The van der Waals surface area contributed by atoms with Crippen LogP contribution in [0, 0.1) is 0 Å². The summed E-state index contributed by atoms with van der Waals surface area (Å²) in [5.41, 5.74) is 1.53. The zero-order valence-electron chi connectivity index (χ0n) is 14.9. The normalized spacial score (nSPS) is 14.1. The zero-order chi connectivity index (χ0) is 19.4. The van der Waals surface area contributed by atoms with Crippen molar-refractivity contribution in [2.45, 2.75) is 25.8 Å². The van der Waals surface area contributed by atoms with Crippen molar-refractivity contribution in [3.63, 3.8) is 0 Å². The molecule has 2 aromatic rings. The SMILES string of the molecule is CC(NC(=O)CCC(=O)N1CCOc2ccccc21)c1ccc(Cl)cc1Cl. The average molecular weight is 407 g/mol. The van der Waals surface area contributed by atoms with E-state index in [9.17, 15) is 9.59 Å². The Morgan fingerprint density at radius 2 is 1.96 bits per heavy atom. The van der Waals surface area contributed by atoms with E-state index in [1.807, 2.05) is 31.2 Å². The molecule has 0 bridgehead atoms. The van der Waals surface area contributed by atoms with E-state index in [2.05, 4.69) is 5.32 Å². The summed E-state index contributed by atoms with van der Waals surface area (Å²) < 4.78 is 5.56. The van der Waals surface area contributed by atoms with E-state index in [0.717, 1.165) is 11.3 Å². The fourth-order valence-electron chi connectivity index (χ4n) is 3.03. The predicted octanol–water partition coefficient (Wildman–Crippen LogP) is 4.38. The molecule has 0 spiro atoms. The van der Waals surface area contributed by atoms with Gasteiger partial charge >= 0.3 is 0 Å². The van der Waals surface area contributed by atoms with Gasteiger partial charge in [-0.15, -0.1) is 0 Å². The van der Waals surface area contributed by atoms with Crippen LogP contribution in [-0.2, 0) is 9.59 Å². The van der Waals surface area contributed by atoms with Gasteiger partial charge in [-0.1, -0.05) is 41.4 Å². The van der Waals surface area contributed by atoms with Crippen LogP contribution < -0.4 is 15.0 Å². The van der Waals surface area contributed by atoms with Crippen LogP contribution in [0.1, 0.15) is 31.4 Å². The van der Waals surface area contributed by atoms with E-state index in [0.29, 0.717) is 28.9 Å². The van der Waals surface area contributed by atoms with Crippen LogP contribution in [0.4, 0.5) is 5.69 Å². The Kier molecular flexibility index (Phi) is 6.24. The Hall–Kier alpha value is -2.24. The number of hydrogen-bond donors (Lipinski definition) is 1. The van der Waals surface area contributed by atoms with Crippen molar-refractivity contribution in [2.75, 3.05) is 18.1 Å². The first-order valence-electron chi connectivity index (χ1n) is 8.72. The highest BCUT2D eigenvalue weighted by molar-refractivity contribution is 6.35. The number of amides is 2. The number of benzene rings is 2. The van der Waals surface area contributed by atoms with E-state index in [-0.39, 0.29) is 30.7 Å². The van der Waals surface area contributed by atoms with Gasteiger partial charge in [-0.3, -0.25) is 9.59 Å². The van der Waals surface area contributed by atoms with Gasteiger partial charge in [-0.05, 0) is 36.8 Å². The summed E-state index contributed by atoms with van der Waals surface area (Å²) in [5, 5.41) is 3.91. The molecule has 0 fully saturated rings. The fraction of sp³-hybridized carbons (Fsp3) is 0.300. The number of rotatable bonds is 5. The Morgan fingerprint density at radius 3 is 2.74 bits per heavy atom. The summed E-state index contributed by atoms with van der Waals surface area (Å²) in [6, 6.07) is 12.3. The van der Waals surface area contributed by atoms with Gasteiger partial charge in [0.15, 0.2) is 0 Å². The molecular weight excluding hydrogens is 387 g/mol. The topological polar surface area (TPSA) is 58.6 Å². The van der Waals surface area contributed by atoms with Gasteiger partial charge in [-0.25, -0.2) is 0 Å². The predicted molar refractivity (Wildman–Crippen MR) is 107 cm³/mol. The van der Waals surface area contributed by atoms with E-state index >= 15 is 0 Å². The number of halogens is 2. The molecule has 0 radical (unpaired) electrons. The Labute approximate surface area is 168 Å². The van der Waals surface area contributed by atoms with Crippen molar-refractivity contribution >= 4 is 40.7 Å². The minimum Gasteiger partial charge on any atom is -0.490 e. The van der Waals surface area contributed by atoms with Crippen LogP contribution in [0.3, 0.4) is 0 Å². The van der Waals surface area contributed by atoms with Gasteiger partial charge in [0.2, 0.25) is 11.8 Å². The highest BCUT2D eigenvalue weighted by Crippen LogP contribution is 2.31. The van der Waals surface area contributed by atoms with E-state index in [4.69, 9.17) is 27.9 Å². The summed E-state index contributed by atoms with van der Waals surface area (Å²) in [4.78, 5) is 26.5. The lowest BCUT2D eigenvalue weighted by Crippen LogP contribution is -2.38. The molecule has 0 aliphatic carbocycles. The van der Waals surface area contributed by atoms with Crippen molar-refractivity contribution in [1.29, 1.82) is 0 Å². The summed E-state index contributed by atoms with van der Waals surface area (Å²) in [6.07, 6.45) is 0.231. The van der Waals surface area contributed by atoms with Crippen molar-refractivity contribution in [2.24, 2.45) is 0 Å². The quantitative estimate of drug-likeness (QED) is 0.801. The molecule has 1 aliphatic heterocycles. The highest BCUT2D eigenvalue weighted by atomic mass is 35.5. The lowest BCUT2D eigenvalue weighted by Gasteiger charge is -2.29. The molecule has 7 heteroatoms. The van der Waals surface area contributed by atoms with Gasteiger partial charge in [0.1, 0.15) is 12.4 Å². The number of carbonyl (C=O) groups excluding carboxylic acids is 2. The third kappa shape index (κ3) is 4.73. The summed E-state index contributed by atoms with van der Waals surface area (Å²) >= 11 is 12.1. The van der Waals surface area contributed by atoms with Gasteiger partial charge in [0.25, 0.3) is 0 Å². The third-order valence-corrected chi connectivity index (χ3v) is 4.96. The van der Waals surface area contributed by atoms with Gasteiger partial charge < -0.3 is 15.0 Å². The zero-order valence-corrected chi connectivity index (χ0v) is 16.4. The summed E-state index contributed by atoms with van der Waals surface area (Å²) in [7, 11) is 0. The summed E-state index contributed by atoms with van der Waals surface area (Å²) in [5.74, 6) is 0.383. The molecule has 3 rings (SSSR count). The molecule has 2 amide bonds.